The van der Waals surface area contributed by atoms with Crippen molar-refractivity contribution in [2.75, 3.05) is 26.6 Å². The van der Waals surface area contributed by atoms with Crippen LogP contribution in [0.15, 0.2) is 24.3 Å². The molecule has 0 fully saturated rings. The van der Waals surface area contributed by atoms with E-state index in [4.69, 9.17) is 25.8 Å². The normalized spacial score (nSPS) is 10.1. The van der Waals surface area contributed by atoms with E-state index in [1.54, 1.807) is 20.3 Å². The van der Waals surface area contributed by atoms with Crippen LogP contribution in [0.25, 0.3) is 0 Å². The highest BCUT2D eigenvalue weighted by molar-refractivity contribution is 6.29. The van der Waals surface area contributed by atoms with Gasteiger partial charge in [-0.3, -0.25) is 0 Å². The molecule has 6 nitrogen and oxygen atoms in total. The first-order valence-corrected chi connectivity index (χ1v) is 6.57. The number of nitrogens with zero attached hydrogens (tertiary/aromatic N) is 2. The lowest BCUT2D eigenvalue weighted by Crippen LogP contribution is -2.05. The fraction of sp³-hybridized carbons (Fsp3) is 0.286. The minimum absolute atomic E-state index is 0.292. The first-order chi connectivity index (χ1) is 10.2. The first-order valence-electron chi connectivity index (χ1n) is 6.20. The van der Waals surface area contributed by atoms with Gasteiger partial charge in [0.1, 0.15) is 17.2 Å². The van der Waals surface area contributed by atoms with Crippen LogP contribution in [0.4, 0.5) is 5.69 Å². The molecule has 2 aromatic rings. The SMILES string of the molecule is COc1ccc(CNc2cc(Cl)nnc2OC)c(OC)c1. The van der Waals surface area contributed by atoms with Crippen LogP contribution < -0.4 is 19.5 Å². The molecule has 1 N–H and O–H groups in total. The third kappa shape index (κ3) is 3.66. The van der Waals surface area contributed by atoms with E-state index in [1.165, 1.54) is 7.11 Å². The molecule has 0 aliphatic heterocycles. The number of benzene rings is 1. The average Bonchev–Trinajstić information content (AvgIpc) is 2.52. The Labute approximate surface area is 128 Å². The summed E-state index contributed by atoms with van der Waals surface area (Å²) in [6.07, 6.45) is 0. The lowest BCUT2D eigenvalue weighted by Gasteiger charge is -2.13. The first kappa shape index (κ1) is 15.2. The second kappa shape index (κ2) is 6.99. The second-order valence-electron chi connectivity index (χ2n) is 4.12. The van der Waals surface area contributed by atoms with Gasteiger partial charge in [0, 0.05) is 24.2 Å². The van der Waals surface area contributed by atoms with Crippen molar-refractivity contribution in [2.24, 2.45) is 0 Å². The summed E-state index contributed by atoms with van der Waals surface area (Å²) in [7, 11) is 4.75. The highest BCUT2D eigenvalue weighted by Crippen LogP contribution is 2.27. The Hall–Kier alpha value is -2.21. The van der Waals surface area contributed by atoms with Crippen molar-refractivity contribution < 1.29 is 14.2 Å². The summed E-state index contributed by atoms with van der Waals surface area (Å²) < 4.78 is 15.7. The number of ether oxygens (including phenoxy) is 3. The molecule has 21 heavy (non-hydrogen) atoms. The standard InChI is InChI=1S/C14H16ClN3O3/c1-19-10-5-4-9(12(6-10)20-2)8-16-11-7-13(15)17-18-14(11)21-3/h4-7H,8H2,1-3H3,(H,16,17). The van der Waals surface area contributed by atoms with Gasteiger partial charge in [0.05, 0.1) is 21.3 Å². The Morgan fingerprint density at radius 2 is 1.86 bits per heavy atom. The quantitative estimate of drug-likeness (QED) is 0.885. The summed E-state index contributed by atoms with van der Waals surface area (Å²) >= 11 is 5.84. The molecule has 0 saturated carbocycles. The van der Waals surface area contributed by atoms with E-state index in [9.17, 15) is 0 Å². The molecule has 0 unspecified atom stereocenters. The number of hydrogen-bond acceptors (Lipinski definition) is 6. The van der Waals surface area contributed by atoms with Crippen LogP contribution >= 0.6 is 11.6 Å². The molecule has 0 amide bonds. The molecule has 7 heteroatoms. The Bertz CT molecular complexity index is 622. The van der Waals surface area contributed by atoms with Gasteiger partial charge in [0.25, 0.3) is 5.88 Å². The predicted molar refractivity (Wildman–Crippen MR) is 80.5 cm³/mol. The lowest BCUT2D eigenvalue weighted by molar-refractivity contribution is 0.390. The molecule has 1 heterocycles. The summed E-state index contributed by atoms with van der Waals surface area (Å²) in [4.78, 5) is 0. The molecule has 0 aliphatic carbocycles. The van der Waals surface area contributed by atoms with Crippen molar-refractivity contribution in [3.63, 3.8) is 0 Å². The Kier molecular flexibility index (Phi) is 5.05. The number of anilines is 1. The van der Waals surface area contributed by atoms with Gasteiger partial charge in [-0.2, -0.15) is 0 Å². The Balaban J connectivity index is 2.18. The van der Waals surface area contributed by atoms with Gasteiger partial charge < -0.3 is 19.5 Å². The monoisotopic (exact) mass is 309 g/mol. The molecule has 0 aliphatic rings. The van der Waals surface area contributed by atoms with Crippen LogP contribution in [-0.4, -0.2) is 31.5 Å². The molecular formula is C14H16ClN3O3. The van der Waals surface area contributed by atoms with E-state index >= 15 is 0 Å². The Morgan fingerprint density at radius 3 is 2.52 bits per heavy atom. The molecule has 112 valence electrons. The summed E-state index contributed by atoms with van der Waals surface area (Å²) in [6.45, 7) is 0.519. The number of methoxy groups -OCH3 is 3. The predicted octanol–water partition coefficient (Wildman–Crippen LogP) is 2.77. The van der Waals surface area contributed by atoms with Gasteiger partial charge in [-0.05, 0) is 12.1 Å². The molecule has 1 aromatic carbocycles. The summed E-state index contributed by atoms with van der Waals surface area (Å²) in [5.74, 6) is 1.85. The van der Waals surface area contributed by atoms with Crippen molar-refractivity contribution in [2.45, 2.75) is 6.54 Å². The number of halogens is 1. The van der Waals surface area contributed by atoms with Crippen LogP contribution in [0.5, 0.6) is 17.4 Å². The van der Waals surface area contributed by atoms with E-state index in [2.05, 4.69) is 15.5 Å². The average molecular weight is 310 g/mol. The van der Waals surface area contributed by atoms with Crippen LogP contribution in [0, 0.1) is 0 Å². The number of rotatable bonds is 6. The molecule has 0 spiro atoms. The Morgan fingerprint density at radius 1 is 1.05 bits per heavy atom. The summed E-state index contributed by atoms with van der Waals surface area (Å²) in [6, 6.07) is 7.28. The van der Waals surface area contributed by atoms with Crippen molar-refractivity contribution in [1.82, 2.24) is 10.2 Å². The zero-order valence-electron chi connectivity index (χ0n) is 12.0. The number of hydrogen-bond donors (Lipinski definition) is 1. The molecule has 0 bridgehead atoms. The van der Waals surface area contributed by atoms with Gasteiger partial charge >= 0.3 is 0 Å². The fourth-order valence-corrected chi connectivity index (χ4v) is 1.97. The molecule has 2 rings (SSSR count). The summed E-state index contributed by atoms with van der Waals surface area (Å²) in [5, 5.41) is 11.1. The number of nitrogens with one attached hydrogen (secondary N) is 1. The highest BCUT2D eigenvalue weighted by Gasteiger charge is 2.09. The van der Waals surface area contributed by atoms with Gasteiger partial charge in [-0.25, -0.2) is 0 Å². The van der Waals surface area contributed by atoms with Crippen LogP contribution in [0.1, 0.15) is 5.56 Å². The molecule has 1 aromatic heterocycles. The van der Waals surface area contributed by atoms with E-state index in [0.717, 1.165) is 17.1 Å². The third-order valence-electron chi connectivity index (χ3n) is 2.89. The van der Waals surface area contributed by atoms with Crippen molar-refractivity contribution >= 4 is 17.3 Å². The minimum atomic E-state index is 0.292. The van der Waals surface area contributed by atoms with Gasteiger partial charge in [-0.1, -0.05) is 11.6 Å². The van der Waals surface area contributed by atoms with Crippen LogP contribution in [0.2, 0.25) is 5.15 Å². The molecule has 0 saturated heterocycles. The van der Waals surface area contributed by atoms with Crippen LogP contribution in [0.3, 0.4) is 0 Å². The zero-order valence-corrected chi connectivity index (χ0v) is 12.8. The van der Waals surface area contributed by atoms with Crippen LogP contribution in [-0.2, 0) is 6.54 Å². The van der Waals surface area contributed by atoms with Gasteiger partial charge in [-0.15, -0.1) is 10.2 Å². The van der Waals surface area contributed by atoms with E-state index in [0.29, 0.717) is 23.3 Å². The maximum atomic E-state index is 5.84. The van der Waals surface area contributed by atoms with E-state index in [1.807, 2.05) is 18.2 Å². The lowest BCUT2D eigenvalue weighted by atomic mass is 10.2. The smallest absolute Gasteiger partial charge is 0.256 e. The highest BCUT2D eigenvalue weighted by atomic mass is 35.5. The topological polar surface area (TPSA) is 65.5 Å². The number of aromatic nitrogens is 2. The van der Waals surface area contributed by atoms with Crippen molar-refractivity contribution in [1.29, 1.82) is 0 Å². The molecule has 0 radical (unpaired) electrons. The van der Waals surface area contributed by atoms with E-state index < -0.39 is 0 Å². The van der Waals surface area contributed by atoms with E-state index in [-0.39, 0.29) is 0 Å². The van der Waals surface area contributed by atoms with Crippen molar-refractivity contribution in [3.05, 3.63) is 35.0 Å². The zero-order chi connectivity index (χ0) is 15.2. The third-order valence-corrected chi connectivity index (χ3v) is 3.07. The maximum Gasteiger partial charge on any atom is 0.256 e. The van der Waals surface area contributed by atoms with Crippen molar-refractivity contribution in [3.8, 4) is 17.4 Å². The fourth-order valence-electron chi connectivity index (χ4n) is 1.82. The summed E-state index contributed by atoms with van der Waals surface area (Å²) in [5.41, 5.74) is 1.63. The largest absolute Gasteiger partial charge is 0.497 e. The van der Waals surface area contributed by atoms with Gasteiger partial charge in [0.2, 0.25) is 0 Å². The molecule has 0 atom stereocenters. The minimum Gasteiger partial charge on any atom is -0.497 e. The van der Waals surface area contributed by atoms with Gasteiger partial charge in [0.15, 0.2) is 5.15 Å². The maximum absolute atomic E-state index is 5.84. The second-order valence-corrected chi connectivity index (χ2v) is 4.51. The molecular weight excluding hydrogens is 294 g/mol.